The van der Waals surface area contributed by atoms with Crippen LogP contribution in [0.5, 0.6) is 0 Å². The van der Waals surface area contributed by atoms with Gasteiger partial charge >= 0.3 is 0 Å². The van der Waals surface area contributed by atoms with Gasteiger partial charge in [0.2, 0.25) is 0 Å². The normalized spacial score (nSPS) is 20.7. The Morgan fingerprint density at radius 2 is 2.35 bits per heavy atom. The molecule has 2 aromatic rings. The summed E-state index contributed by atoms with van der Waals surface area (Å²) in [6, 6.07) is 2.51. The van der Waals surface area contributed by atoms with Gasteiger partial charge in [0.1, 0.15) is 11.9 Å². The molecule has 122 valence electrons. The number of carbonyl (C=O) groups is 1. The number of nitrogens with zero attached hydrogens (tertiary/aromatic N) is 3. The number of carbonyl (C=O) groups excluding carboxylic acids is 1. The van der Waals surface area contributed by atoms with E-state index in [0.29, 0.717) is 19.2 Å². The van der Waals surface area contributed by atoms with E-state index in [1.165, 1.54) is 0 Å². The molecular weight excluding hydrogens is 306 g/mol. The molecule has 0 spiro atoms. The van der Waals surface area contributed by atoms with E-state index < -0.39 is 23.2 Å². The molecule has 0 aromatic carbocycles. The van der Waals surface area contributed by atoms with E-state index in [9.17, 15) is 13.6 Å². The first-order chi connectivity index (χ1) is 11.1. The van der Waals surface area contributed by atoms with Crippen LogP contribution in [0.1, 0.15) is 28.7 Å². The van der Waals surface area contributed by atoms with Crippen LogP contribution < -0.4 is 5.32 Å². The SMILES string of the molecule is Cn1nccc1[C@@H]1OCC[C@H]1CNC(=O)c1ncc(F)cc1F. The first-order valence-corrected chi connectivity index (χ1v) is 7.25. The number of aromatic nitrogens is 3. The van der Waals surface area contributed by atoms with Crippen molar-refractivity contribution in [2.24, 2.45) is 13.0 Å². The number of nitrogens with one attached hydrogen (secondary N) is 1. The number of rotatable bonds is 4. The molecule has 0 aliphatic carbocycles. The average molecular weight is 322 g/mol. The minimum atomic E-state index is -0.978. The third-order valence-corrected chi connectivity index (χ3v) is 3.91. The molecule has 6 nitrogen and oxygen atoms in total. The summed E-state index contributed by atoms with van der Waals surface area (Å²) in [5, 5.41) is 6.75. The van der Waals surface area contributed by atoms with Crippen LogP contribution >= 0.6 is 0 Å². The predicted molar refractivity (Wildman–Crippen MR) is 76.5 cm³/mol. The Morgan fingerprint density at radius 1 is 1.52 bits per heavy atom. The van der Waals surface area contributed by atoms with Gasteiger partial charge in [0, 0.05) is 38.4 Å². The summed E-state index contributed by atoms with van der Waals surface area (Å²) in [7, 11) is 1.82. The smallest absolute Gasteiger partial charge is 0.272 e. The van der Waals surface area contributed by atoms with Crippen LogP contribution in [0.15, 0.2) is 24.5 Å². The molecule has 0 unspecified atom stereocenters. The van der Waals surface area contributed by atoms with Crippen molar-refractivity contribution in [2.45, 2.75) is 12.5 Å². The lowest BCUT2D eigenvalue weighted by molar-refractivity contribution is 0.0798. The van der Waals surface area contributed by atoms with Crippen molar-refractivity contribution < 1.29 is 18.3 Å². The maximum Gasteiger partial charge on any atom is 0.272 e. The molecule has 2 atom stereocenters. The molecule has 23 heavy (non-hydrogen) atoms. The maximum atomic E-state index is 13.6. The van der Waals surface area contributed by atoms with Crippen LogP contribution in [0.25, 0.3) is 0 Å². The number of pyridine rings is 1. The van der Waals surface area contributed by atoms with Crippen molar-refractivity contribution in [3.8, 4) is 0 Å². The van der Waals surface area contributed by atoms with E-state index in [4.69, 9.17) is 4.74 Å². The number of hydrogen-bond donors (Lipinski definition) is 1. The molecule has 1 amide bonds. The van der Waals surface area contributed by atoms with Crippen LogP contribution in [0.3, 0.4) is 0 Å². The van der Waals surface area contributed by atoms with Crippen LogP contribution in [-0.2, 0) is 11.8 Å². The van der Waals surface area contributed by atoms with Crippen LogP contribution in [0.2, 0.25) is 0 Å². The number of aryl methyl sites for hydroxylation is 1. The highest BCUT2D eigenvalue weighted by Gasteiger charge is 2.32. The van der Waals surface area contributed by atoms with Gasteiger partial charge in [-0.05, 0) is 12.5 Å². The summed E-state index contributed by atoms with van der Waals surface area (Å²) in [6.45, 7) is 0.896. The average Bonchev–Trinajstić information content (AvgIpc) is 3.12. The summed E-state index contributed by atoms with van der Waals surface area (Å²) in [4.78, 5) is 15.5. The lowest BCUT2D eigenvalue weighted by Gasteiger charge is -2.19. The van der Waals surface area contributed by atoms with Gasteiger partial charge in [-0.2, -0.15) is 5.10 Å². The van der Waals surface area contributed by atoms with Crippen LogP contribution in [0, 0.1) is 17.6 Å². The van der Waals surface area contributed by atoms with Gasteiger partial charge in [0.25, 0.3) is 5.91 Å². The van der Waals surface area contributed by atoms with Crippen molar-refractivity contribution in [3.63, 3.8) is 0 Å². The van der Waals surface area contributed by atoms with Crippen molar-refractivity contribution in [1.29, 1.82) is 0 Å². The first-order valence-electron chi connectivity index (χ1n) is 7.25. The lowest BCUT2D eigenvalue weighted by Crippen LogP contribution is -2.32. The van der Waals surface area contributed by atoms with Gasteiger partial charge in [0.15, 0.2) is 11.5 Å². The second-order valence-corrected chi connectivity index (χ2v) is 5.41. The Kier molecular flexibility index (Phi) is 4.33. The summed E-state index contributed by atoms with van der Waals surface area (Å²) in [5.74, 6) is -2.41. The summed E-state index contributed by atoms with van der Waals surface area (Å²) >= 11 is 0. The van der Waals surface area contributed by atoms with Crippen molar-refractivity contribution in [2.75, 3.05) is 13.2 Å². The van der Waals surface area contributed by atoms with Gasteiger partial charge in [0.05, 0.1) is 11.9 Å². The van der Waals surface area contributed by atoms with E-state index in [1.54, 1.807) is 10.9 Å². The molecular formula is C15H16F2N4O2. The maximum absolute atomic E-state index is 13.6. The quantitative estimate of drug-likeness (QED) is 0.928. The van der Waals surface area contributed by atoms with E-state index in [2.05, 4.69) is 15.4 Å². The van der Waals surface area contributed by atoms with Crippen molar-refractivity contribution in [1.82, 2.24) is 20.1 Å². The third kappa shape index (κ3) is 3.21. The molecule has 0 bridgehead atoms. The second-order valence-electron chi connectivity index (χ2n) is 5.41. The van der Waals surface area contributed by atoms with E-state index in [1.807, 2.05) is 13.1 Å². The highest BCUT2D eigenvalue weighted by Crippen LogP contribution is 2.33. The fourth-order valence-corrected chi connectivity index (χ4v) is 2.72. The van der Waals surface area contributed by atoms with Gasteiger partial charge < -0.3 is 10.1 Å². The molecule has 3 heterocycles. The molecule has 1 aliphatic rings. The third-order valence-electron chi connectivity index (χ3n) is 3.91. The molecule has 1 aliphatic heterocycles. The van der Waals surface area contributed by atoms with E-state index in [0.717, 1.165) is 18.3 Å². The zero-order valence-electron chi connectivity index (χ0n) is 12.5. The molecule has 1 N–H and O–H groups in total. The van der Waals surface area contributed by atoms with Gasteiger partial charge in [-0.1, -0.05) is 0 Å². The van der Waals surface area contributed by atoms with E-state index >= 15 is 0 Å². The zero-order valence-corrected chi connectivity index (χ0v) is 12.5. The Morgan fingerprint density at radius 3 is 3.04 bits per heavy atom. The van der Waals surface area contributed by atoms with Crippen molar-refractivity contribution >= 4 is 5.91 Å². The Balaban J connectivity index is 1.65. The highest BCUT2D eigenvalue weighted by molar-refractivity contribution is 5.92. The highest BCUT2D eigenvalue weighted by atomic mass is 19.1. The summed E-state index contributed by atoms with van der Waals surface area (Å²) in [5.41, 5.74) is 0.509. The zero-order chi connectivity index (χ0) is 16.4. The predicted octanol–water partition coefficient (Wildman–Crippen LogP) is 1.60. The Hall–Kier alpha value is -2.35. The molecule has 1 saturated heterocycles. The summed E-state index contributed by atoms with van der Waals surface area (Å²) < 4.78 is 33.8. The minimum absolute atomic E-state index is 0.0536. The molecule has 1 fully saturated rings. The fraction of sp³-hybridized carbons (Fsp3) is 0.400. The molecule has 0 radical (unpaired) electrons. The molecule has 0 saturated carbocycles. The largest absolute Gasteiger partial charge is 0.372 e. The molecule has 3 rings (SSSR count). The van der Waals surface area contributed by atoms with Crippen molar-refractivity contribution in [3.05, 3.63) is 47.5 Å². The van der Waals surface area contributed by atoms with Crippen LogP contribution in [0.4, 0.5) is 8.78 Å². The minimum Gasteiger partial charge on any atom is -0.372 e. The number of halogens is 2. The van der Waals surface area contributed by atoms with E-state index in [-0.39, 0.29) is 12.0 Å². The number of ether oxygens (including phenoxy) is 1. The molecule has 2 aromatic heterocycles. The number of hydrogen-bond acceptors (Lipinski definition) is 4. The Bertz CT molecular complexity index is 719. The monoisotopic (exact) mass is 322 g/mol. The van der Waals surface area contributed by atoms with Gasteiger partial charge in [-0.15, -0.1) is 0 Å². The fourth-order valence-electron chi connectivity index (χ4n) is 2.72. The van der Waals surface area contributed by atoms with Gasteiger partial charge in [-0.25, -0.2) is 13.8 Å². The number of amides is 1. The first kappa shape index (κ1) is 15.5. The second kappa shape index (κ2) is 6.41. The topological polar surface area (TPSA) is 69.0 Å². The summed E-state index contributed by atoms with van der Waals surface area (Å²) in [6.07, 6.45) is 3.10. The molecule has 8 heteroatoms. The lowest BCUT2D eigenvalue weighted by atomic mass is 9.99. The van der Waals surface area contributed by atoms with Gasteiger partial charge in [-0.3, -0.25) is 9.48 Å². The van der Waals surface area contributed by atoms with Crippen LogP contribution in [-0.4, -0.2) is 33.8 Å². The Labute approximate surface area is 131 Å². The standard InChI is InChI=1S/C15H16F2N4O2/c1-21-12(2-4-20-21)14-9(3-5-23-14)7-19-15(22)13-11(17)6-10(16)8-18-13/h2,4,6,8-9,14H,3,5,7H2,1H3,(H,19,22)/t9-,14+/m0/s1.